The highest BCUT2D eigenvalue weighted by molar-refractivity contribution is 5.82. The monoisotopic (exact) mass is 194 g/mol. The minimum Gasteiger partial charge on any atom is -0.371 e. The molecule has 1 heterocycles. The lowest BCUT2D eigenvalue weighted by Crippen LogP contribution is -2.26. The first-order valence-electron chi connectivity index (χ1n) is 6.20. The van der Waals surface area contributed by atoms with E-state index in [4.69, 9.17) is 0 Å². The number of nitrogens with one attached hydrogen (secondary N) is 1. The molecule has 14 heavy (non-hydrogen) atoms. The second-order valence-corrected chi connectivity index (χ2v) is 4.67. The van der Waals surface area contributed by atoms with Crippen LogP contribution in [0.25, 0.3) is 0 Å². The molecular formula is C12H22N2. The molecule has 1 aliphatic carbocycles. The summed E-state index contributed by atoms with van der Waals surface area (Å²) >= 11 is 0. The molecule has 1 saturated carbocycles. The molecule has 2 unspecified atom stereocenters. The first kappa shape index (κ1) is 10.0. The zero-order chi connectivity index (χ0) is 9.80. The molecule has 2 heteroatoms. The van der Waals surface area contributed by atoms with Crippen LogP contribution in [0.5, 0.6) is 0 Å². The van der Waals surface area contributed by atoms with Crippen molar-refractivity contribution in [2.75, 3.05) is 6.54 Å². The van der Waals surface area contributed by atoms with Crippen LogP contribution in [-0.2, 0) is 0 Å². The van der Waals surface area contributed by atoms with E-state index in [2.05, 4.69) is 17.2 Å². The molecule has 80 valence electrons. The molecule has 1 N–H and O–H groups in total. The van der Waals surface area contributed by atoms with E-state index in [1.165, 1.54) is 50.8 Å². The quantitative estimate of drug-likeness (QED) is 0.734. The van der Waals surface area contributed by atoms with E-state index >= 15 is 0 Å². The van der Waals surface area contributed by atoms with Crippen LogP contribution in [0.2, 0.25) is 0 Å². The van der Waals surface area contributed by atoms with E-state index in [0.717, 1.165) is 18.5 Å². The van der Waals surface area contributed by atoms with Gasteiger partial charge in [-0.05, 0) is 31.6 Å². The highest BCUT2D eigenvalue weighted by Gasteiger charge is 2.36. The zero-order valence-corrected chi connectivity index (χ0v) is 9.26. The van der Waals surface area contributed by atoms with Crippen molar-refractivity contribution in [1.29, 1.82) is 0 Å². The third-order valence-corrected chi connectivity index (χ3v) is 3.31. The van der Waals surface area contributed by atoms with Gasteiger partial charge in [0, 0.05) is 19.0 Å². The fourth-order valence-corrected chi connectivity index (χ4v) is 2.32. The maximum absolute atomic E-state index is 4.60. The molecular weight excluding hydrogens is 172 g/mol. The fraction of sp³-hybridized carbons (Fsp3) is 0.917. The lowest BCUT2D eigenvalue weighted by molar-refractivity contribution is 0.658. The maximum atomic E-state index is 4.60. The highest BCUT2D eigenvalue weighted by atomic mass is 15.1. The van der Waals surface area contributed by atoms with Gasteiger partial charge in [0.1, 0.15) is 0 Å². The van der Waals surface area contributed by atoms with Gasteiger partial charge in [-0.2, -0.15) is 0 Å². The largest absolute Gasteiger partial charge is 0.371 e. The normalized spacial score (nSPS) is 31.9. The van der Waals surface area contributed by atoms with Crippen molar-refractivity contribution in [3.05, 3.63) is 0 Å². The Kier molecular flexibility index (Phi) is 3.44. The minimum absolute atomic E-state index is 0.770. The number of aliphatic imine (C=N–C) groups is 1. The summed E-state index contributed by atoms with van der Waals surface area (Å²) < 4.78 is 0. The van der Waals surface area contributed by atoms with Gasteiger partial charge in [-0.1, -0.05) is 19.8 Å². The van der Waals surface area contributed by atoms with Crippen molar-refractivity contribution in [2.24, 2.45) is 10.9 Å². The SMILES string of the molecule is CCCC1CC1NC1=NCCCCC1. The molecule has 2 aliphatic rings. The van der Waals surface area contributed by atoms with Gasteiger partial charge < -0.3 is 5.32 Å². The van der Waals surface area contributed by atoms with Crippen LogP contribution in [0.15, 0.2) is 4.99 Å². The van der Waals surface area contributed by atoms with Gasteiger partial charge in [0.05, 0.1) is 5.84 Å². The molecule has 0 bridgehead atoms. The van der Waals surface area contributed by atoms with E-state index in [1.54, 1.807) is 0 Å². The summed E-state index contributed by atoms with van der Waals surface area (Å²) in [7, 11) is 0. The Hall–Kier alpha value is -0.530. The number of hydrogen-bond donors (Lipinski definition) is 1. The van der Waals surface area contributed by atoms with Crippen LogP contribution in [0.3, 0.4) is 0 Å². The summed E-state index contributed by atoms with van der Waals surface area (Å²) in [5, 5.41) is 3.62. The van der Waals surface area contributed by atoms with Crippen LogP contribution in [0.1, 0.15) is 51.9 Å². The minimum atomic E-state index is 0.770. The molecule has 2 atom stereocenters. The van der Waals surface area contributed by atoms with Crippen LogP contribution in [-0.4, -0.2) is 18.4 Å². The Morgan fingerprint density at radius 3 is 3.14 bits per heavy atom. The Morgan fingerprint density at radius 2 is 2.29 bits per heavy atom. The van der Waals surface area contributed by atoms with Crippen molar-refractivity contribution in [3.8, 4) is 0 Å². The number of rotatable bonds is 3. The molecule has 2 nitrogen and oxygen atoms in total. The number of amidine groups is 1. The molecule has 0 radical (unpaired) electrons. The maximum Gasteiger partial charge on any atom is 0.0965 e. The average Bonchev–Trinajstić information content (AvgIpc) is 2.93. The Bertz CT molecular complexity index is 210. The summed E-state index contributed by atoms with van der Waals surface area (Å²) in [5.74, 6) is 2.25. The molecule has 0 aromatic carbocycles. The van der Waals surface area contributed by atoms with Gasteiger partial charge in [-0.15, -0.1) is 0 Å². The second-order valence-electron chi connectivity index (χ2n) is 4.67. The van der Waals surface area contributed by atoms with Gasteiger partial charge in [0.15, 0.2) is 0 Å². The average molecular weight is 194 g/mol. The highest BCUT2D eigenvalue weighted by Crippen LogP contribution is 2.34. The van der Waals surface area contributed by atoms with E-state index < -0.39 is 0 Å². The van der Waals surface area contributed by atoms with Crippen molar-refractivity contribution < 1.29 is 0 Å². The van der Waals surface area contributed by atoms with E-state index in [9.17, 15) is 0 Å². The third kappa shape index (κ3) is 2.73. The Labute approximate surface area is 87.2 Å². The lowest BCUT2D eigenvalue weighted by Gasteiger charge is -2.07. The van der Waals surface area contributed by atoms with Gasteiger partial charge in [-0.25, -0.2) is 0 Å². The molecule has 0 aromatic heterocycles. The predicted octanol–water partition coefficient (Wildman–Crippen LogP) is 2.74. The van der Waals surface area contributed by atoms with Gasteiger partial charge in [0.2, 0.25) is 0 Å². The molecule has 0 saturated heterocycles. The van der Waals surface area contributed by atoms with E-state index in [0.29, 0.717) is 0 Å². The molecule has 2 rings (SSSR count). The van der Waals surface area contributed by atoms with E-state index in [-0.39, 0.29) is 0 Å². The standard InChI is InChI=1S/C12H22N2/c1-2-6-10-9-11(10)14-12-7-4-3-5-8-13-12/h10-11H,2-9H2,1H3,(H,13,14). The topological polar surface area (TPSA) is 24.4 Å². The van der Waals surface area contributed by atoms with Crippen LogP contribution >= 0.6 is 0 Å². The molecule has 1 fully saturated rings. The van der Waals surface area contributed by atoms with Gasteiger partial charge in [-0.3, -0.25) is 4.99 Å². The lowest BCUT2D eigenvalue weighted by atomic mass is 10.2. The van der Waals surface area contributed by atoms with Crippen molar-refractivity contribution in [2.45, 2.75) is 57.9 Å². The molecule has 1 aliphatic heterocycles. The number of hydrogen-bond acceptors (Lipinski definition) is 2. The third-order valence-electron chi connectivity index (χ3n) is 3.31. The second kappa shape index (κ2) is 4.81. The Balaban J connectivity index is 1.72. The number of nitrogens with zero attached hydrogens (tertiary/aromatic N) is 1. The fourth-order valence-electron chi connectivity index (χ4n) is 2.32. The first-order chi connectivity index (χ1) is 6.90. The van der Waals surface area contributed by atoms with Crippen molar-refractivity contribution >= 4 is 5.84 Å². The summed E-state index contributed by atoms with van der Waals surface area (Å²) in [6.07, 6.45) is 9.27. The van der Waals surface area contributed by atoms with Crippen LogP contribution in [0, 0.1) is 5.92 Å². The summed E-state index contributed by atoms with van der Waals surface area (Å²) in [6.45, 7) is 3.33. The predicted molar refractivity (Wildman–Crippen MR) is 60.7 cm³/mol. The van der Waals surface area contributed by atoms with Crippen molar-refractivity contribution in [1.82, 2.24) is 5.32 Å². The molecule has 0 amide bonds. The molecule has 0 spiro atoms. The van der Waals surface area contributed by atoms with Crippen LogP contribution < -0.4 is 5.32 Å². The Morgan fingerprint density at radius 1 is 1.36 bits per heavy atom. The summed E-state index contributed by atoms with van der Waals surface area (Å²) in [4.78, 5) is 4.60. The van der Waals surface area contributed by atoms with Gasteiger partial charge in [0.25, 0.3) is 0 Å². The summed E-state index contributed by atoms with van der Waals surface area (Å²) in [6, 6.07) is 0.770. The van der Waals surface area contributed by atoms with Gasteiger partial charge >= 0.3 is 0 Å². The summed E-state index contributed by atoms with van der Waals surface area (Å²) in [5.41, 5.74) is 0. The van der Waals surface area contributed by atoms with Crippen LogP contribution in [0.4, 0.5) is 0 Å². The van der Waals surface area contributed by atoms with Crippen molar-refractivity contribution in [3.63, 3.8) is 0 Å². The zero-order valence-electron chi connectivity index (χ0n) is 9.26. The first-order valence-corrected chi connectivity index (χ1v) is 6.20. The smallest absolute Gasteiger partial charge is 0.0965 e. The molecule has 0 aromatic rings. The van der Waals surface area contributed by atoms with E-state index in [1.807, 2.05) is 0 Å².